The van der Waals surface area contributed by atoms with Crippen molar-refractivity contribution in [3.8, 4) is 0 Å². The largest absolute Gasteiger partial charge is 0.406 e. The Kier molecular flexibility index (Phi) is 2.71. The summed E-state index contributed by atoms with van der Waals surface area (Å²) in [6.07, 6.45) is 0. The van der Waals surface area contributed by atoms with Crippen LogP contribution < -0.4 is 4.57 Å². The quantitative estimate of drug-likeness (QED) is 0.593. The third-order valence-electron chi connectivity index (χ3n) is 2.00. The first-order chi connectivity index (χ1) is 5.25. The van der Waals surface area contributed by atoms with Gasteiger partial charge in [-0.1, -0.05) is 18.2 Å². The van der Waals surface area contributed by atoms with Crippen LogP contribution in [0.5, 0.6) is 0 Å². The van der Waals surface area contributed by atoms with Crippen LogP contribution in [0.15, 0.2) is 24.3 Å². The van der Waals surface area contributed by atoms with Crippen LogP contribution in [0.3, 0.4) is 0 Å². The van der Waals surface area contributed by atoms with E-state index in [-0.39, 0.29) is 0 Å². The Balaban J connectivity index is 2.93. The number of rotatable bonds is 2. The number of anilines is 1. The zero-order valence-electron chi connectivity index (χ0n) is 7.46. The maximum atomic E-state index is 2.38. The van der Waals surface area contributed by atoms with Gasteiger partial charge in [0.2, 0.25) is 0 Å². The van der Waals surface area contributed by atoms with Crippen LogP contribution in [-0.4, -0.2) is 16.9 Å². The molecule has 0 saturated carbocycles. The minimum atomic E-state index is 1.11. The summed E-state index contributed by atoms with van der Waals surface area (Å²) in [5.41, 5.74) is 2.77. The Morgan fingerprint density at radius 3 is 2.55 bits per heavy atom. The van der Waals surface area contributed by atoms with E-state index in [2.05, 4.69) is 42.7 Å². The van der Waals surface area contributed by atoms with Gasteiger partial charge in [0.25, 0.3) is 0 Å². The SMILES string of the molecule is CCN([SiH3])c1ccccc1C. The van der Waals surface area contributed by atoms with Gasteiger partial charge in [-0.3, -0.25) is 0 Å². The van der Waals surface area contributed by atoms with Crippen molar-refractivity contribution in [3.05, 3.63) is 29.8 Å². The lowest BCUT2D eigenvalue weighted by Gasteiger charge is -2.19. The summed E-state index contributed by atoms with van der Waals surface area (Å²) in [5.74, 6) is 0. The van der Waals surface area contributed by atoms with Crippen molar-refractivity contribution in [2.75, 3.05) is 11.1 Å². The zero-order chi connectivity index (χ0) is 8.27. The molecule has 1 rings (SSSR count). The van der Waals surface area contributed by atoms with Crippen molar-refractivity contribution < 1.29 is 0 Å². The van der Waals surface area contributed by atoms with Crippen LogP contribution in [0.1, 0.15) is 12.5 Å². The lowest BCUT2D eigenvalue weighted by molar-refractivity contribution is 1.09. The lowest BCUT2D eigenvalue weighted by Crippen LogP contribution is -2.18. The molecule has 0 N–H and O–H groups in total. The van der Waals surface area contributed by atoms with Gasteiger partial charge in [-0.2, -0.15) is 0 Å². The van der Waals surface area contributed by atoms with Crippen molar-refractivity contribution >= 4 is 16.1 Å². The molecule has 0 unspecified atom stereocenters. The standard InChI is InChI=1S/C9H15NSi/c1-3-10(11)9-7-5-4-6-8(9)2/h4-7H,3H2,1-2,11H3. The molecule has 0 aliphatic heterocycles. The molecule has 0 amide bonds. The number of hydrogen-bond donors (Lipinski definition) is 0. The van der Waals surface area contributed by atoms with Crippen molar-refractivity contribution in [3.63, 3.8) is 0 Å². The van der Waals surface area contributed by atoms with Gasteiger partial charge < -0.3 is 4.57 Å². The molecule has 1 nitrogen and oxygen atoms in total. The minimum Gasteiger partial charge on any atom is -0.406 e. The molecular formula is C9H15NSi. The van der Waals surface area contributed by atoms with Crippen LogP contribution in [0.4, 0.5) is 5.69 Å². The average molecular weight is 165 g/mol. The number of para-hydroxylation sites is 1. The molecule has 2 heteroatoms. The summed E-state index contributed by atoms with van der Waals surface area (Å²) in [5, 5.41) is 0. The van der Waals surface area contributed by atoms with Gasteiger partial charge in [-0.15, -0.1) is 0 Å². The monoisotopic (exact) mass is 165 g/mol. The third-order valence-corrected chi connectivity index (χ3v) is 3.12. The zero-order valence-corrected chi connectivity index (χ0v) is 9.46. The summed E-state index contributed by atoms with van der Waals surface area (Å²) in [4.78, 5) is 0. The predicted molar refractivity (Wildman–Crippen MR) is 54.1 cm³/mol. The van der Waals surface area contributed by atoms with E-state index in [0.717, 1.165) is 16.9 Å². The average Bonchev–Trinajstić information content (AvgIpc) is 2.04. The van der Waals surface area contributed by atoms with Gasteiger partial charge in [-0.25, -0.2) is 0 Å². The van der Waals surface area contributed by atoms with E-state index in [1.54, 1.807) is 0 Å². The summed E-state index contributed by atoms with van der Waals surface area (Å²) in [6.45, 7) is 5.48. The van der Waals surface area contributed by atoms with Gasteiger partial charge >= 0.3 is 0 Å². The number of benzene rings is 1. The highest BCUT2D eigenvalue weighted by Crippen LogP contribution is 2.16. The van der Waals surface area contributed by atoms with E-state index < -0.39 is 0 Å². The van der Waals surface area contributed by atoms with Crippen molar-refractivity contribution in [1.82, 2.24) is 0 Å². The number of aryl methyl sites for hydroxylation is 1. The summed E-state index contributed by atoms with van der Waals surface area (Å²) >= 11 is 0. The molecule has 0 aromatic heterocycles. The molecule has 0 aliphatic rings. The van der Waals surface area contributed by atoms with Crippen LogP contribution >= 0.6 is 0 Å². The van der Waals surface area contributed by atoms with E-state index in [1.807, 2.05) is 0 Å². The Bertz CT molecular complexity index is 235. The molecule has 0 spiro atoms. The highest BCUT2D eigenvalue weighted by Gasteiger charge is 1.98. The van der Waals surface area contributed by atoms with Crippen molar-refractivity contribution in [2.24, 2.45) is 0 Å². The summed E-state index contributed by atoms with van der Waals surface area (Å²) in [7, 11) is 1.11. The Morgan fingerprint density at radius 1 is 1.36 bits per heavy atom. The Labute approximate surface area is 71.5 Å². The molecule has 0 bridgehead atoms. The van der Waals surface area contributed by atoms with E-state index >= 15 is 0 Å². The minimum absolute atomic E-state index is 1.11. The topological polar surface area (TPSA) is 3.24 Å². The predicted octanol–water partition coefficient (Wildman–Crippen LogP) is 1.10. The second-order valence-electron chi connectivity index (χ2n) is 2.80. The van der Waals surface area contributed by atoms with E-state index in [0.29, 0.717) is 0 Å². The molecule has 60 valence electrons. The van der Waals surface area contributed by atoms with Gasteiger partial charge in [0, 0.05) is 12.2 Å². The van der Waals surface area contributed by atoms with Crippen LogP contribution in [-0.2, 0) is 0 Å². The first kappa shape index (κ1) is 8.33. The van der Waals surface area contributed by atoms with Gasteiger partial charge in [0.1, 0.15) is 10.4 Å². The lowest BCUT2D eigenvalue weighted by atomic mass is 10.2. The second-order valence-corrected chi connectivity index (χ2v) is 3.88. The number of nitrogens with zero attached hydrogens (tertiary/aromatic N) is 1. The van der Waals surface area contributed by atoms with E-state index in [4.69, 9.17) is 0 Å². The van der Waals surface area contributed by atoms with Crippen molar-refractivity contribution in [2.45, 2.75) is 13.8 Å². The van der Waals surface area contributed by atoms with E-state index in [9.17, 15) is 0 Å². The highest BCUT2D eigenvalue weighted by molar-refractivity contribution is 6.18. The highest BCUT2D eigenvalue weighted by atomic mass is 28.2. The van der Waals surface area contributed by atoms with Gasteiger partial charge in [-0.05, 0) is 25.5 Å². The molecule has 0 fully saturated rings. The van der Waals surface area contributed by atoms with E-state index in [1.165, 1.54) is 11.3 Å². The Morgan fingerprint density at radius 2 is 2.00 bits per heavy atom. The molecule has 0 heterocycles. The number of hydrogen-bond acceptors (Lipinski definition) is 1. The van der Waals surface area contributed by atoms with Gasteiger partial charge in [0.15, 0.2) is 0 Å². The molecule has 1 aromatic rings. The van der Waals surface area contributed by atoms with Crippen LogP contribution in [0.25, 0.3) is 0 Å². The fraction of sp³-hybridized carbons (Fsp3) is 0.333. The smallest absolute Gasteiger partial charge is 0.107 e. The summed E-state index contributed by atoms with van der Waals surface area (Å²) in [6, 6.07) is 8.54. The van der Waals surface area contributed by atoms with Crippen LogP contribution in [0.2, 0.25) is 0 Å². The third kappa shape index (κ3) is 1.83. The maximum Gasteiger partial charge on any atom is 0.107 e. The normalized spacial score (nSPS) is 10.0. The first-order valence-electron chi connectivity index (χ1n) is 4.02. The molecule has 0 radical (unpaired) electrons. The fourth-order valence-corrected chi connectivity index (χ4v) is 1.66. The maximum absolute atomic E-state index is 2.38. The van der Waals surface area contributed by atoms with Crippen molar-refractivity contribution in [1.29, 1.82) is 0 Å². The molecule has 0 atom stereocenters. The Hall–Kier alpha value is -0.763. The van der Waals surface area contributed by atoms with Crippen LogP contribution in [0, 0.1) is 6.92 Å². The van der Waals surface area contributed by atoms with Gasteiger partial charge in [0.05, 0.1) is 0 Å². The molecule has 1 aromatic carbocycles. The summed E-state index contributed by atoms with van der Waals surface area (Å²) < 4.78 is 2.38. The molecule has 11 heavy (non-hydrogen) atoms. The fourth-order valence-electron chi connectivity index (χ4n) is 1.16. The molecule has 0 saturated heterocycles. The molecule has 0 aliphatic carbocycles. The molecular weight excluding hydrogens is 150 g/mol. The first-order valence-corrected chi connectivity index (χ1v) is 4.92. The second kappa shape index (κ2) is 3.58.